The minimum atomic E-state index is -0.400. The summed E-state index contributed by atoms with van der Waals surface area (Å²) in [6.07, 6.45) is 3.51. The number of nitrogens with zero attached hydrogens (tertiary/aromatic N) is 4. The monoisotopic (exact) mass is 470 g/mol. The van der Waals surface area contributed by atoms with Crippen molar-refractivity contribution < 1.29 is 19.2 Å². The van der Waals surface area contributed by atoms with E-state index in [4.69, 9.17) is 14.5 Å². The number of nitro groups is 1. The van der Waals surface area contributed by atoms with E-state index >= 15 is 0 Å². The van der Waals surface area contributed by atoms with Crippen LogP contribution in [0, 0.1) is 10.1 Å². The summed E-state index contributed by atoms with van der Waals surface area (Å²) in [6, 6.07) is 10.4. The summed E-state index contributed by atoms with van der Waals surface area (Å²) in [5.74, 6) is 0.494. The highest BCUT2D eigenvalue weighted by Crippen LogP contribution is 2.36. The topological polar surface area (TPSA) is 109 Å². The molecule has 3 aromatic rings. The highest BCUT2D eigenvalue weighted by atomic mass is 32.2. The molecule has 0 saturated heterocycles. The lowest BCUT2D eigenvalue weighted by Crippen LogP contribution is -2.11. The second-order valence-electron chi connectivity index (χ2n) is 7.57. The zero-order chi connectivity index (χ0) is 23.8. The van der Waals surface area contributed by atoms with Gasteiger partial charge in [-0.2, -0.15) is 0 Å². The summed E-state index contributed by atoms with van der Waals surface area (Å²) < 4.78 is 12.7. The molecule has 1 aromatic carbocycles. The lowest BCUT2D eigenvalue weighted by Gasteiger charge is -2.14. The van der Waals surface area contributed by atoms with E-state index in [0.29, 0.717) is 6.54 Å². The van der Waals surface area contributed by atoms with E-state index < -0.39 is 4.92 Å². The Bertz CT molecular complexity index is 1100. The van der Waals surface area contributed by atoms with Crippen molar-refractivity contribution in [3.63, 3.8) is 0 Å². The molecular weight excluding hydrogens is 444 g/mol. The van der Waals surface area contributed by atoms with Crippen molar-refractivity contribution in [3.05, 3.63) is 76.0 Å². The molecule has 0 atom stereocenters. The van der Waals surface area contributed by atoms with E-state index in [1.54, 1.807) is 24.5 Å². The lowest BCUT2D eigenvalue weighted by atomic mass is 10.1. The normalized spacial score (nSPS) is 11.0. The molecule has 3 rings (SSSR count). The fraction of sp³-hybridized carbons (Fsp3) is 0.348. The molecule has 0 radical (unpaired) electrons. The van der Waals surface area contributed by atoms with Gasteiger partial charge in [0.1, 0.15) is 24.1 Å². The molecule has 0 unspecified atom stereocenters. The number of non-ortho nitro benzene ring substituents is 1. The number of benzene rings is 1. The van der Waals surface area contributed by atoms with Crippen LogP contribution in [-0.2, 0) is 27.4 Å². The van der Waals surface area contributed by atoms with Crippen molar-refractivity contribution in [3.8, 4) is 0 Å². The predicted molar refractivity (Wildman–Crippen MR) is 123 cm³/mol. The summed E-state index contributed by atoms with van der Waals surface area (Å²) in [5, 5.41) is 12.1. The summed E-state index contributed by atoms with van der Waals surface area (Å²) in [5.41, 5.74) is 1.92. The van der Waals surface area contributed by atoms with Crippen LogP contribution >= 0.6 is 11.8 Å². The maximum atomic E-state index is 11.2. The first-order valence-electron chi connectivity index (χ1n) is 10.5. The van der Waals surface area contributed by atoms with Crippen molar-refractivity contribution in [1.82, 2.24) is 14.5 Å². The molecule has 0 bridgehead atoms. The zero-order valence-electron chi connectivity index (χ0n) is 18.8. The number of esters is 1. The Morgan fingerprint density at radius 3 is 2.73 bits per heavy atom. The van der Waals surface area contributed by atoms with Gasteiger partial charge < -0.3 is 14.0 Å². The number of hydrogen-bond acceptors (Lipinski definition) is 8. The molecule has 0 aliphatic carbocycles. The Labute approximate surface area is 196 Å². The standard InChI is InChI=1S/C23H26N4O5S/c1-16(2)22-23(33-20-8-4-7-19(12-20)27(29)30)26(14-18-6-5-9-24-13-18)21(25-22)15-31-10-11-32-17(3)28/h4-9,12-13,16H,10-11,14-15H2,1-3H3. The summed E-state index contributed by atoms with van der Waals surface area (Å²) in [7, 11) is 0. The second-order valence-corrected chi connectivity index (χ2v) is 8.63. The van der Waals surface area contributed by atoms with Gasteiger partial charge in [0.05, 0.1) is 23.8 Å². The Morgan fingerprint density at radius 2 is 2.06 bits per heavy atom. The van der Waals surface area contributed by atoms with Crippen molar-refractivity contribution >= 4 is 23.4 Å². The molecule has 9 nitrogen and oxygen atoms in total. The number of pyridine rings is 1. The van der Waals surface area contributed by atoms with Gasteiger partial charge >= 0.3 is 5.97 Å². The van der Waals surface area contributed by atoms with E-state index in [0.717, 1.165) is 27.0 Å². The van der Waals surface area contributed by atoms with Crippen LogP contribution in [0.25, 0.3) is 0 Å². The fourth-order valence-electron chi connectivity index (χ4n) is 3.11. The number of carbonyl (C=O) groups is 1. The molecule has 0 saturated carbocycles. The number of ether oxygens (including phenoxy) is 2. The number of nitro benzene ring substituents is 1. The maximum Gasteiger partial charge on any atom is 0.302 e. The summed E-state index contributed by atoms with van der Waals surface area (Å²) >= 11 is 1.44. The number of carbonyl (C=O) groups excluding carboxylic acids is 1. The van der Waals surface area contributed by atoms with E-state index in [1.807, 2.05) is 18.2 Å². The molecule has 0 N–H and O–H groups in total. The third-order valence-corrected chi connectivity index (χ3v) is 5.76. The van der Waals surface area contributed by atoms with E-state index in [-0.39, 0.29) is 37.4 Å². The van der Waals surface area contributed by atoms with Crippen LogP contribution in [0.5, 0.6) is 0 Å². The first-order chi connectivity index (χ1) is 15.8. The third-order valence-electron chi connectivity index (χ3n) is 4.64. The molecule has 2 aromatic heterocycles. The van der Waals surface area contributed by atoms with Crippen LogP contribution in [0.1, 0.15) is 43.8 Å². The van der Waals surface area contributed by atoms with Crippen molar-refractivity contribution in [2.45, 2.75) is 49.8 Å². The van der Waals surface area contributed by atoms with Gasteiger partial charge in [-0.3, -0.25) is 19.9 Å². The van der Waals surface area contributed by atoms with Crippen LogP contribution in [0.4, 0.5) is 5.69 Å². The molecule has 174 valence electrons. The smallest absolute Gasteiger partial charge is 0.302 e. The molecule has 10 heteroatoms. The predicted octanol–water partition coefficient (Wildman–Crippen LogP) is 4.59. The Balaban J connectivity index is 1.94. The molecule has 33 heavy (non-hydrogen) atoms. The Morgan fingerprint density at radius 1 is 1.24 bits per heavy atom. The maximum absolute atomic E-state index is 11.2. The lowest BCUT2D eigenvalue weighted by molar-refractivity contribution is -0.385. The van der Waals surface area contributed by atoms with Crippen LogP contribution in [0.3, 0.4) is 0 Å². The van der Waals surface area contributed by atoms with Gasteiger partial charge in [-0.25, -0.2) is 4.98 Å². The van der Waals surface area contributed by atoms with Gasteiger partial charge in [-0.1, -0.05) is 37.7 Å². The molecule has 0 spiro atoms. The highest BCUT2D eigenvalue weighted by Gasteiger charge is 2.21. The first kappa shape index (κ1) is 24.4. The van der Waals surface area contributed by atoms with Gasteiger partial charge in [-0.05, 0) is 23.6 Å². The number of rotatable bonds is 11. The van der Waals surface area contributed by atoms with Gasteiger partial charge in [0, 0.05) is 36.3 Å². The third kappa shape index (κ3) is 6.87. The van der Waals surface area contributed by atoms with Crippen LogP contribution < -0.4 is 0 Å². The van der Waals surface area contributed by atoms with Gasteiger partial charge in [-0.15, -0.1) is 0 Å². The SMILES string of the molecule is CC(=O)OCCOCc1nc(C(C)C)c(Sc2cccc([N+](=O)[O-])c2)n1Cc1cccnc1. The van der Waals surface area contributed by atoms with Crippen LogP contribution in [-0.4, -0.2) is 38.6 Å². The van der Waals surface area contributed by atoms with Gasteiger partial charge in [0.2, 0.25) is 0 Å². The van der Waals surface area contributed by atoms with Gasteiger partial charge in [0.25, 0.3) is 5.69 Å². The first-order valence-corrected chi connectivity index (χ1v) is 11.3. The average molecular weight is 471 g/mol. The largest absolute Gasteiger partial charge is 0.463 e. The Kier molecular flexibility index (Phi) is 8.56. The van der Waals surface area contributed by atoms with Crippen molar-refractivity contribution in [2.24, 2.45) is 0 Å². The van der Waals surface area contributed by atoms with Crippen LogP contribution in [0.15, 0.2) is 58.7 Å². The zero-order valence-corrected chi connectivity index (χ0v) is 19.6. The minimum absolute atomic E-state index is 0.0402. The molecule has 0 amide bonds. The molecule has 0 fully saturated rings. The molecule has 2 heterocycles. The number of imidazole rings is 1. The van der Waals surface area contributed by atoms with E-state index in [9.17, 15) is 14.9 Å². The molecule has 0 aliphatic rings. The minimum Gasteiger partial charge on any atom is -0.463 e. The number of aromatic nitrogens is 3. The van der Waals surface area contributed by atoms with E-state index in [1.165, 1.54) is 24.8 Å². The molecule has 0 aliphatic heterocycles. The van der Waals surface area contributed by atoms with Crippen molar-refractivity contribution in [1.29, 1.82) is 0 Å². The summed E-state index contributed by atoms with van der Waals surface area (Å²) in [4.78, 5) is 31.6. The van der Waals surface area contributed by atoms with E-state index in [2.05, 4.69) is 23.4 Å². The quantitative estimate of drug-likeness (QED) is 0.173. The average Bonchev–Trinajstić information content (AvgIpc) is 3.11. The van der Waals surface area contributed by atoms with Gasteiger partial charge in [0.15, 0.2) is 0 Å². The van der Waals surface area contributed by atoms with Crippen molar-refractivity contribution in [2.75, 3.05) is 13.2 Å². The van der Waals surface area contributed by atoms with Crippen LogP contribution in [0.2, 0.25) is 0 Å². The molecular formula is C23H26N4O5S. The number of hydrogen-bond donors (Lipinski definition) is 0. The highest BCUT2D eigenvalue weighted by molar-refractivity contribution is 7.99. The fourth-order valence-corrected chi connectivity index (χ4v) is 4.33. The second kappa shape index (κ2) is 11.6. The Hall–Kier alpha value is -3.24. The summed E-state index contributed by atoms with van der Waals surface area (Å²) in [6.45, 7) is 6.64.